The van der Waals surface area contributed by atoms with Crippen LogP contribution in [0.2, 0.25) is 0 Å². The summed E-state index contributed by atoms with van der Waals surface area (Å²) in [5, 5.41) is 0. The van der Waals surface area contributed by atoms with Gasteiger partial charge in [0, 0.05) is 0 Å². The zero-order valence-electron chi connectivity index (χ0n) is 11.5. The lowest BCUT2D eigenvalue weighted by Crippen LogP contribution is -2.19. The molecule has 0 atom stereocenters. The van der Waals surface area contributed by atoms with E-state index in [1.54, 1.807) is 6.08 Å². The van der Waals surface area contributed by atoms with Crippen LogP contribution in [0, 0.1) is 11.6 Å². The van der Waals surface area contributed by atoms with Gasteiger partial charge >= 0.3 is 0 Å². The van der Waals surface area contributed by atoms with Gasteiger partial charge in [0.05, 0.1) is 4.91 Å². The molecule has 0 saturated carbocycles. The normalized spacial score (nSPS) is 14.2. The second-order valence-electron chi connectivity index (χ2n) is 5.01. The molecule has 0 aromatic heterocycles. The molecule has 22 heavy (non-hydrogen) atoms. The Morgan fingerprint density at radius 1 is 0.909 bits per heavy atom. The lowest BCUT2D eigenvalue weighted by atomic mass is 9.98. The summed E-state index contributed by atoms with van der Waals surface area (Å²) in [5.74, 6) is -1.89. The van der Waals surface area contributed by atoms with Crippen molar-refractivity contribution in [2.45, 2.75) is 12.8 Å². The Kier molecular flexibility index (Phi) is 3.70. The third-order valence-corrected chi connectivity index (χ3v) is 5.04. The highest BCUT2D eigenvalue weighted by Crippen LogP contribution is 2.29. The molecule has 0 spiro atoms. The molecule has 1 aliphatic rings. The van der Waals surface area contributed by atoms with Gasteiger partial charge in [-0.05, 0) is 42.2 Å². The predicted octanol–water partition coefficient (Wildman–Crippen LogP) is 3.69. The van der Waals surface area contributed by atoms with Crippen molar-refractivity contribution in [1.29, 1.82) is 0 Å². The van der Waals surface area contributed by atoms with Crippen LogP contribution in [0.5, 0.6) is 0 Å². The van der Waals surface area contributed by atoms with E-state index in [0.717, 1.165) is 23.3 Å². The average molecular weight is 321 g/mol. The molecule has 0 bridgehead atoms. The van der Waals surface area contributed by atoms with E-state index in [0.29, 0.717) is 12.8 Å². The molecule has 1 aliphatic carbocycles. The molecule has 114 valence electrons. The van der Waals surface area contributed by atoms with Crippen molar-refractivity contribution in [3.8, 4) is 0 Å². The first kappa shape index (κ1) is 14.7. The van der Waals surface area contributed by atoms with Gasteiger partial charge in [-0.2, -0.15) is 0 Å². The van der Waals surface area contributed by atoms with Crippen LogP contribution in [-0.2, 0) is 16.4 Å². The molecule has 0 aliphatic heterocycles. The quantitative estimate of drug-likeness (QED) is 0.937. The van der Waals surface area contributed by atoms with Crippen LogP contribution in [0.4, 0.5) is 14.5 Å². The van der Waals surface area contributed by atoms with Crippen LogP contribution in [-0.4, -0.2) is 8.42 Å². The number of anilines is 1. The van der Waals surface area contributed by atoms with Gasteiger partial charge in [-0.25, -0.2) is 17.2 Å². The number of halogens is 2. The highest BCUT2D eigenvalue weighted by Gasteiger charge is 2.24. The van der Waals surface area contributed by atoms with Gasteiger partial charge in [0.2, 0.25) is 0 Å². The Labute approximate surface area is 127 Å². The van der Waals surface area contributed by atoms with Crippen molar-refractivity contribution < 1.29 is 17.2 Å². The van der Waals surface area contributed by atoms with Crippen LogP contribution >= 0.6 is 0 Å². The number of nitrogens with one attached hydrogen (secondary N) is 1. The number of sulfonamides is 1. The lowest BCUT2D eigenvalue weighted by molar-refractivity contribution is 0.584. The zero-order valence-corrected chi connectivity index (χ0v) is 12.3. The van der Waals surface area contributed by atoms with E-state index in [4.69, 9.17) is 0 Å². The Morgan fingerprint density at radius 3 is 2.32 bits per heavy atom. The second kappa shape index (κ2) is 5.53. The van der Waals surface area contributed by atoms with Crippen LogP contribution < -0.4 is 4.72 Å². The molecule has 0 unspecified atom stereocenters. The van der Waals surface area contributed by atoms with Gasteiger partial charge in [-0.3, -0.25) is 4.72 Å². The van der Waals surface area contributed by atoms with Gasteiger partial charge in [-0.15, -0.1) is 0 Å². The fourth-order valence-corrected chi connectivity index (χ4v) is 3.66. The SMILES string of the molecule is O=S(=O)(Nc1c(F)cccc1F)C1=Cc2ccccc2CC1. The van der Waals surface area contributed by atoms with Gasteiger partial charge in [0.1, 0.15) is 17.3 Å². The third-order valence-electron chi connectivity index (χ3n) is 3.56. The highest BCUT2D eigenvalue weighted by atomic mass is 32.2. The summed E-state index contributed by atoms with van der Waals surface area (Å²) in [6, 6.07) is 10.6. The summed E-state index contributed by atoms with van der Waals surface area (Å²) in [7, 11) is -3.99. The molecule has 3 nitrogen and oxygen atoms in total. The molecule has 2 aromatic carbocycles. The first-order chi connectivity index (χ1) is 10.5. The number of rotatable bonds is 3. The summed E-state index contributed by atoms with van der Waals surface area (Å²) in [6.07, 6.45) is 2.41. The van der Waals surface area contributed by atoms with Crippen LogP contribution in [0.15, 0.2) is 47.4 Å². The predicted molar refractivity (Wildman–Crippen MR) is 81.6 cm³/mol. The van der Waals surface area contributed by atoms with Gasteiger partial charge < -0.3 is 0 Å². The molecule has 1 N–H and O–H groups in total. The summed E-state index contributed by atoms with van der Waals surface area (Å²) in [5.41, 5.74) is 1.21. The number of aryl methyl sites for hydroxylation is 1. The number of benzene rings is 2. The summed E-state index contributed by atoms with van der Waals surface area (Å²) >= 11 is 0. The van der Waals surface area contributed by atoms with Crippen LogP contribution in [0.25, 0.3) is 6.08 Å². The minimum Gasteiger partial charge on any atom is -0.274 e. The van der Waals surface area contributed by atoms with E-state index in [1.807, 2.05) is 29.0 Å². The number of allylic oxidation sites excluding steroid dienone is 1. The molecule has 0 fully saturated rings. The monoisotopic (exact) mass is 321 g/mol. The van der Waals surface area contributed by atoms with E-state index < -0.39 is 27.3 Å². The maximum Gasteiger partial charge on any atom is 0.258 e. The summed E-state index contributed by atoms with van der Waals surface area (Å²) < 4.78 is 53.9. The van der Waals surface area contributed by atoms with Crippen molar-refractivity contribution in [2.75, 3.05) is 4.72 Å². The minimum absolute atomic E-state index is 0.119. The van der Waals surface area contributed by atoms with Crippen molar-refractivity contribution in [3.05, 3.63) is 70.1 Å². The van der Waals surface area contributed by atoms with Crippen LogP contribution in [0.3, 0.4) is 0 Å². The third kappa shape index (κ3) is 2.74. The van der Waals surface area contributed by atoms with Crippen molar-refractivity contribution in [3.63, 3.8) is 0 Å². The van der Waals surface area contributed by atoms with Gasteiger partial charge in [0.25, 0.3) is 10.0 Å². The smallest absolute Gasteiger partial charge is 0.258 e. The maximum atomic E-state index is 13.6. The minimum atomic E-state index is -3.99. The number of hydrogen-bond acceptors (Lipinski definition) is 2. The fraction of sp³-hybridized carbons (Fsp3) is 0.125. The molecular weight excluding hydrogens is 308 g/mol. The molecular formula is C16H13F2NO2S. The molecule has 3 rings (SSSR count). The van der Waals surface area contributed by atoms with E-state index in [1.165, 1.54) is 6.07 Å². The maximum absolute atomic E-state index is 13.6. The lowest BCUT2D eigenvalue weighted by Gasteiger charge is -2.17. The number of fused-ring (bicyclic) bond motifs is 1. The molecule has 0 saturated heterocycles. The fourth-order valence-electron chi connectivity index (χ4n) is 2.41. The molecule has 0 amide bonds. The Bertz CT molecular complexity index is 840. The van der Waals surface area contributed by atoms with E-state index in [-0.39, 0.29) is 4.91 Å². The summed E-state index contributed by atoms with van der Waals surface area (Å²) in [6.45, 7) is 0. The number of hydrogen-bond donors (Lipinski definition) is 1. The van der Waals surface area contributed by atoms with Crippen LogP contribution in [0.1, 0.15) is 17.5 Å². The average Bonchev–Trinajstić information content (AvgIpc) is 2.50. The first-order valence-electron chi connectivity index (χ1n) is 6.73. The molecule has 2 aromatic rings. The van der Waals surface area contributed by atoms with E-state index in [9.17, 15) is 17.2 Å². The van der Waals surface area contributed by atoms with Gasteiger partial charge in [-0.1, -0.05) is 30.3 Å². The topological polar surface area (TPSA) is 46.2 Å². The second-order valence-corrected chi connectivity index (χ2v) is 6.75. The summed E-state index contributed by atoms with van der Waals surface area (Å²) in [4.78, 5) is 0.119. The van der Waals surface area contributed by atoms with E-state index in [2.05, 4.69) is 0 Å². The Morgan fingerprint density at radius 2 is 1.59 bits per heavy atom. The van der Waals surface area contributed by atoms with Crippen molar-refractivity contribution in [1.82, 2.24) is 0 Å². The molecule has 0 heterocycles. The largest absolute Gasteiger partial charge is 0.274 e. The standard InChI is InChI=1S/C16H13F2NO2S/c17-14-6-3-7-15(18)16(14)19-22(20,21)13-9-8-11-4-1-2-5-12(11)10-13/h1-7,10,19H,8-9H2. The zero-order chi connectivity index (χ0) is 15.7. The number of para-hydroxylation sites is 1. The Balaban J connectivity index is 1.97. The first-order valence-corrected chi connectivity index (χ1v) is 8.21. The van der Waals surface area contributed by atoms with Crippen molar-refractivity contribution in [2.24, 2.45) is 0 Å². The highest BCUT2D eigenvalue weighted by molar-refractivity contribution is 7.96. The van der Waals surface area contributed by atoms with Gasteiger partial charge in [0.15, 0.2) is 0 Å². The molecule has 6 heteroatoms. The Hall–Kier alpha value is -2.21. The molecule has 0 radical (unpaired) electrons. The van der Waals surface area contributed by atoms with Crippen molar-refractivity contribution >= 4 is 21.8 Å². The van der Waals surface area contributed by atoms with E-state index >= 15 is 0 Å².